The van der Waals surface area contributed by atoms with E-state index >= 15 is 0 Å². The fourth-order valence-electron chi connectivity index (χ4n) is 3.16. The van der Waals surface area contributed by atoms with Gasteiger partial charge in [-0.1, -0.05) is 43.1 Å². The Hall–Kier alpha value is -1.06. The third kappa shape index (κ3) is 3.98. The number of nitrogens with one attached hydrogen (secondary N) is 2. The van der Waals surface area contributed by atoms with E-state index in [-0.39, 0.29) is 17.4 Å². The Morgan fingerprint density at radius 2 is 2.24 bits per heavy atom. The number of benzene rings is 1. The van der Waals surface area contributed by atoms with Crippen molar-refractivity contribution in [3.8, 4) is 0 Å². The maximum Gasteiger partial charge on any atom is 0.227 e. The lowest BCUT2D eigenvalue weighted by Gasteiger charge is -2.28. The number of hydrogen-bond acceptors (Lipinski definition) is 2. The fraction of sp³-hybridized carbons (Fsp3) is 0.588. The third-order valence-electron chi connectivity index (χ3n) is 4.32. The summed E-state index contributed by atoms with van der Waals surface area (Å²) in [5, 5.41) is 7.28. The second-order valence-electron chi connectivity index (χ2n) is 6.13. The Labute approximate surface area is 132 Å². The molecule has 1 fully saturated rings. The minimum absolute atomic E-state index is 0.0896. The minimum Gasteiger partial charge on any atom is -0.353 e. The van der Waals surface area contributed by atoms with Gasteiger partial charge in [0.1, 0.15) is 0 Å². The standard InChI is InChI=1S/C17H25ClN2O/c1-3-8-17(9-10-19-12-17)16(21)20-13(2)11-14-6-4-5-7-15(14)18/h4-7,13,19H,3,8-12H2,1-2H3,(H,20,21). The lowest BCUT2D eigenvalue weighted by molar-refractivity contribution is -0.131. The second-order valence-corrected chi connectivity index (χ2v) is 6.53. The number of amides is 1. The lowest BCUT2D eigenvalue weighted by Crippen LogP contribution is -2.46. The third-order valence-corrected chi connectivity index (χ3v) is 4.68. The zero-order valence-electron chi connectivity index (χ0n) is 12.9. The van der Waals surface area contributed by atoms with Crippen molar-refractivity contribution in [2.75, 3.05) is 13.1 Å². The van der Waals surface area contributed by atoms with Crippen molar-refractivity contribution >= 4 is 17.5 Å². The van der Waals surface area contributed by atoms with Crippen LogP contribution in [-0.2, 0) is 11.2 Å². The normalized spacial score (nSPS) is 23.0. The van der Waals surface area contributed by atoms with Crippen LogP contribution in [-0.4, -0.2) is 25.0 Å². The molecule has 0 saturated carbocycles. The number of carbonyl (C=O) groups excluding carboxylic acids is 1. The molecule has 2 atom stereocenters. The molecule has 116 valence electrons. The van der Waals surface area contributed by atoms with Crippen LogP contribution in [0, 0.1) is 5.41 Å². The minimum atomic E-state index is -0.219. The highest BCUT2D eigenvalue weighted by Gasteiger charge is 2.40. The molecule has 1 aliphatic heterocycles. The van der Waals surface area contributed by atoms with Gasteiger partial charge in [-0.05, 0) is 44.4 Å². The van der Waals surface area contributed by atoms with Crippen LogP contribution < -0.4 is 10.6 Å². The van der Waals surface area contributed by atoms with Crippen molar-refractivity contribution in [2.45, 2.75) is 45.6 Å². The van der Waals surface area contributed by atoms with E-state index in [2.05, 4.69) is 17.6 Å². The van der Waals surface area contributed by atoms with Crippen LogP contribution in [0.25, 0.3) is 0 Å². The summed E-state index contributed by atoms with van der Waals surface area (Å²) in [5.74, 6) is 0.189. The molecule has 2 N–H and O–H groups in total. The molecule has 0 bridgehead atoms. The van der Waals surface area contributed by atoms with E-state index < -0.39 is 0 Å². The number of carbonyl (C=O) groups is 1. The molecule has 0 aromatic heterocycles. The number of halogens is 1. The van der Waals surface area contributed by atoms with Crippen LogP contribution in [0.15, 0.2) is 24.3 Å². The van der Waals surface area contributed by atoms with Gasteiger partial charge in [0.2, 0.25) is 5.91 Å². The van der Waals surface area contributed by atoms with E-state index in [0.717, 1.165) is 49.4 Å². The van der Waals surface area contributed by atoms with Gasteiger partial charge < -0.3 is 10.6 Å². The first-order valence-corrected chi connectivity index (χ1v) is 8.20. The molecular weight excluding hydrogens is 284 g/mol. The molecule has 1 heterocycles. The molecule has 1 amide bonds. The predicted molar refractivity (Wildman–Crippen MR) is 87.6 cm³/mol. The fourth-order valence-corrected chi connectivity index (χ4v) is 3.38. The summed E-state index contributed by atoms with van der Waals surface area (Å²) in [6, 6.07) is 7.91. The van der Waals surface area contributed by atoms with Crippen LogP contribution in [0.2, 0.25) is 5.02 Å². The summed E-state index contributed by atoms with van der Waals surface area (Å²) < 4.78 is 0. The zero-order chi connectivity index (χ0) is 15.3. The van der Waals surface area contributed by atoms with Crippen molar-refractivity contribution in [3.63, 3.8) is 0 Å². The molecule has 1 aromatic rings. The molecule has 0 spiro atoms. The first-order valence-electron chi connectivity index (χ1n) is 7.82. The van der Waals surface area contributed by atoms with Gasteiger partial charge in [0, 0.05) is 17.6 Å². The van der Waals surface area contributed by atoms with Crippen LogP contribution in [0.1, 0.15) is 38.7 Å². The number of hydrogen-bond donors (Lipinski definition) is 2. The second kappa shape index (κ2) is 7.28. The summed E-state index contributed by atoms with van der Waals surface area (Å²) in [6.07, 6.45) is 3.69. The average molecular weight is 309 g/mol. The molecule has 3 nitrogen and oxygen atoms in total. The van der Waals surface area contributed by atoms with Gasteiger partial charge in [-0.15, -0.1) is 0 Å². The Morgan fingerprint density at radius 1 is 1.48 bits per heavy atom. The SMILES string of the molecule is CCCC1(C(=O)NC(C)Cc2ccccc2Cl)CCNC1. The van der Waals surface area contributed by atoms with Crippen molar-refractivity contribution in [1.29, 1.82) is 0 Å². The highest BCUT2D eigenvalue weighted by atomic mass is 35.5. The quantitative estimate of drug-likeness (QED) is 0.847. The van der Waals surface area contributed by atoms with Gasteiger partial charge in [-0.2, -0.15) is 0 Å². The van der Waals surface area contributed by atoms with Crippen LogP contribution in [0.3, 0.4) is 0 Å². The van der Waals surface area contributed by atoms with Gasteiger partial charge in [0.05, 0.1) is 5.41 Å². The Morgan fingerprint density at radius 3 is 2.86 bits per heavy atom. The van der Waals surface area contributed by atoms with E-state index in [1.165, 1.54) is 0 Å². The predicted octanol–water partition coefficient (Wildman–Crippen LogP) is 3.17. The average Bonchev–Trinajstić information content (AvgIpc) is 2.92. The van der Waals surface area contributed by atoms with Gasteiger partial charge >= 0.3 is 0 Å². The smallest absolute Gasteiger partial charge is 0.227 e. The maximum atomic E-state index is 12.7. The lowest BCUT2D eigenvalue weighted by atomic mass is 9.81. The van der Waals surface area contributed by atoms with Crippen LogP contribution >= 0.6 is 11.6 Å². The van der Waals surface area contributed by atoms with E-state index in [9.17, 15) is 4.79 Å². The summed E-state index contributed by atoms with van der Waals surface area (Å²) in [5.41, 5.74) is 0.866. The zero-order valence-corrected chi connectivity index (χ0v) is 13.7. The Kier molecular flexibility index (Phi) is 5.65. The van der Waals surface area contributed by atoms with E-state index in [1.54, 1.807) is 0 Å². The largest absolute Gasteiger partial charge is 0.353 e. The van der Waals surface area contributed by atoms with E-state index in [0.29, 0.717) is 0 Å². The molecule has 2 rings (SSSR count). The van der Waals surface area contributed by atoms with Gasteiger partial charge in [0.15, 0.2) is 0 Å². The Bertz CT molecular complexity index is 483. The van der Waals surface area contributed by atoms with Gasteiger partial charge in [-0.25, -0.2) is 0 Å². The molecular formula is C17H25ClN2O. The first kappa shape index (κ1) is 16.3. The molecule has 1 aliphatic rings. The molecule has 4 heteroatoms. The highest BCUT2D eigenvalue weighted by molar-refractivity contribution is 6.31. The van der Waals surface area contributed by atoms with E-state index in [4.69, 9.17) is 11.6 Å². The maximum absolute atomic E-state index is 12.7. The van der Waals surface area contributed by atoms with Gasteiger partial charge in [-0.3, -0.25) is 4.79 Å². The van der Waals surface area contributed by atoms with Crippen molar-refractivity contribution in [2.24, 2.45) is 5.41 Å². The van der Waals surface area contributed by atoms with Crippen molar-refractivity contribution in [3.05, 3.63) is 34.9 Å². The molecule has 21 heavy (non-hydrogen) atoms. The number of rotatable bonds is 6. The summed E-state index contributed by atoms with van der Waals surface area (Å²) in [7, 11) is 0. The Balaban J connectivity index is 1.97. The van der Waals surface area contributed by atoms with Crippen molar-refractivity contribution < 1.29 is 4.79 Å². The molecule has 1 aromatic carbocycles. The molecule has 0 aliphatic carbocycles. The van der Waals surface area contributed by atoms with Crippen molar-refractivity contribution in [1.82, 2.24) is 10.6 Å². The summed E-state index contributed by atoms with van der Waals surface area (Å²) >= 11 is 6.19. The van der Waals surface area contributed by atoms with Crippen LogP contribution in [0.5, 0.6) is 0 Å². The van der Waals surface area contributed by atoms with Gasteiger partial charge in [0.25, 0.3) is 0 Å². The van der Waals surface area contributed by atoms with Crippen LogP contribution in [0.4, 0.5) is 0 Å². The highest BCUT2D eigenvalue weighted by Crippen LogP contribution is 2.31. The van der Waals surface area contributed by atoms with E-state index in [1.807, 2.05) is 31.2 Å². The molecule has 1 saturated heterocycles. The topological polar surface area (TPSA) is 41.1 Å². The monoisotopic (exact) mass is 308 g/mol. The summed E-state index contributed by atoms with van der Waals surface area (Å²) in [6.45, 7) is 5.92. The first-order chi connectivity index (χ1) is 10.1. The molecule has 0 radical (unpaired) electrons. The molecule has 2 unspecified atom stereocenters. The summed E-state index contributed by atoms with van der Waals surface area (Å²) in [4.78, 5) is 12.7.